The van der Waals surface area contributed by atoms with Crippen LogP contribution in [-0.4, -0.2) is 28.0 Å². The predicted octanol–water partition coefficient (Wildman–Crippen LogP) is 8.58. The molecule has 3 nitrogen and oxygen atoms in total. The van der Waals surface area contributed by atoms with Crippen molar-refractivity contribution in [3.05, 3.63) is 78.0 Å². The third kappa shape index (κ3) is 15.0. The van der Waals surface area contributed by atoms with Crippen LogP contribution < -0.4 is 0 Å². The van der Waals surface area contributed by atoms with Gasteiger partial charge in [-0.1, -0.05) is 32.9 Å². The van der Waals surface area contributed by atoms with Crippen LogP contribution in [0, 0.1) is 16.7 Å². The Balaban J connectivity index is -0.000000451. The molecular formula is C25H35BCl2F4N2OPd. The third-order valence-electron chi connectivity index (χ3n) is 4.47. The van der Waals surface area contributed by atoms with E-state index >= 15 is 0 Å². The molecule has 2 aromatic rings. The molecule has 0 saturated heterocycles. The molecule has 36 heavy (non-hydrogen) atoms. The fourth-order valence-corrected chi connectivity index (χ4v) is 3.41. The normalized spacial score (nSPS) is 12.7. The van der Waals surface area contributed by atoms with Gasteiger partial charge < -0.3 is 22.7 Å². The van der Waals surface area contributed by atoms with Gasteiger partial charge in [-0.25, -0.2) is 0 Å². The second kappa shape index (κ2) is 17.2. The van der Waals surface area contributed by atoms with Gasteiger partial charge in [-0.05, 0) is 58.5 Å². The Kier molecular flexibility index (Phi) is 18.7. The Morgan fingerprint density at radius 2 is 1.19 bits per heavy atom. The molecule has 0 atom stereocenters. The summed E-state index contributed by atoms with van der Waals surface area (Å²) in [5, 5.41) is 0.194. The number of rotatable bonds is 1. The molecule has 206 valence electrons. The molecule has 0 amide bonds. The first-order valence-electron chi connectivity index (χ1n) is 10.6. The predicted molar refractivity (Wildman–Crippen MR) is 142 cm³/mol. The molecule has 3 rings (SSSR count). The molecule has 11 heteroatoms. The molecule has 2 heterocycles. The summed E-state index contributed by atoms with van der Waals surface area (Å²) >= 11 is 9.53. The molecule has 0 bridgehead atoms. The van der Waals surface area contributed by atoms with Crippen molar-refractivity contribution >= 4 is 30.5 Å². The van der Waals surface area contributed by atoms with E-state index in [1.807, 2.05) is 36.4 Å². The summed E-state index contributed by atoms with van der Waals surface area (Å²) in [5.74, 6) is 1.47. The van der Waals surface area contributed by atoms with E-state index in [0.29, 0.717) is 0 Å². The van der Waals surface area contributed by atoms with Crippen LogP contribution in [0.25, 0.3) is 11.4 Å². The second-order valence-corrected chi connectivity index (χ2v) is 10.2. The van der Waals surface area contributed by atoms with E-state index < -0.39 is 7.25 Å². The Bertz CT molecular complexity index is 874. The van der Waals surface area contributed by atoms with E-state index in [-0.39, 0.29) is 42.1 Å². The van der Waals surface area contributed by atoms with Crippen LogP contribution in [0.2, 0.25) is 0 Å². The number of aromatic nitrogens is 2. The Morgan fingerprint density at radius 3 is 1.39 bits per heavy atom. The van der Waals surface area contributed by atoms with E-state index in [1.165, 1.54) is 22.6 Å². The Morgan fingerprint density at radius 1 is 0.861 bits per heavy atom. The van der Waals surface area contributed by atoms with Crippen molar-refractivity contribution in [3.63, 3.8) is 0 Å². The molecule has 0 fully saturated rings. The van der Waals surface area contributed by atoms with Gasteiger partial charge in [0.2, 0.25) is 0 Å². The molecule has 0 saturated carbocycles. The maximum Gasteiger partial charge on any atom is 0.673 e. The van der Waals surface area contributed by atoms with E-state index in [0.717, 1.165) is 11.4 Å². The molecule has 0 aliphatic heterocycles. The fourth-order valence-electron chi connectivity index (χ4n) is 3.41. The zero-order valence-electron chi connectivity index (χ0n) is 21.6. The SMILES string of the molecule is C=C1C(C)=C(C(C)(C)C)[C+]1C(C)(C)C.ClCCl.F[B-](F)(F)F.O.[Pd].c1ccc(-c2ccccn2)nc1. The van der Waals surface area contributed by atoms with Gasteiger partial charge in [-0.2, -0.15) is 0 Å². The van der Waals surface area contributed by atoms with E-state index in [4.69, 9.17) is 23.2 Å². The zero-order chi connectivity index (χ0) is 26.7. The monoisotopic (exact) mass is 642 g/mol. The number of halogens is 6. The second-order valence-electron chi connectivity index (χ2n) is 9.38. The van der Waals surface area contributed by atoms with Gasteiger partial charge in [0.15, 0.2) is 0 Å². The molecule has 1 aliphatic rings. The number of hydrogen-bond donors (Lipinski definition) is 0. The summed E-state index contributed by atoms with van der Waals surface area (Å²) in [6.07, 6.45) is 3.54. The van der Waals surface area contributed by atoms with Crippen molar-refractivity contribution < 1.29 is 43.2 Å². The summed E-state index contributed by atoms with van der Waals surface area (Å²) in [6, 6.07) is 11.6. The average Bonchev–Trinajstić information content (AvgIpc) is 2.70. The topological polar surface area (TPSA) is 57.3 Å². The van der Waals surface area contributed by atoms with Gasteiger partial charge in [0.1, 0.15) is 0 Å². The molecule has 0 radical (unpaired) electrons. The summed E-state index contributed by atoms with van der Waals surface area (Å²) in [7, 11) is -6.00. The smallest absolute Gasteiger partial charge is 0.418 e. The first-order chi connectivity index (χ1) is 15.4. The van der Waals surface area contributed by atoms with Gasteiger partial charge in [-0.15, -0.1) is 23.2 Å². The first-order valence-corrected chi connectivity index (χ1v) is 11.6. The summed E-state index contributed by atoms with van der Waals surface area (Å²) in [6.45, 7) is 20.0. The van der Waals surface area contributed by atoms with Gasteiger partial charge in [0.25, 0.3) is 0 Å². The van der Waals surface area contributed by atoms with Crippen molar-refractivity contribution in [2.45, 2.75) is 48.5 Å². The molecule has 0 aromatic carbocycles. The van der Waals surface area contributed by atoms with Crippen molar-refractivity contribution in [1.82, 2.24) is 9.97 Å². The average molecular weight is 644 g/mol. The van der Waals surface area contributed by atoms with Crippen LogP contribution in [-0.2, 0) is 20.4 Å². The van der Waals surface area contributed by atoms with Crippen LogP contribution in [0.3, 0.4) is 0 Å². The van der Waals surface area contributed by atoms with E-state index in [2.05, 4.69) is 65.0 Å². The molecular weight excluding hydrogens is 608 g/mol. The third-order valence-corrected chi connectivity index (χ3v) is 4.47. The van der Waals surface area contributed by atoms with Crippen molar-refractivity contribution in [3.8, 4) is 11.4 Å². The minimum atomic E-state index is -6.00. The number of allylic oxidation sites excluding steroid dienone is 3. The molecule has 2 N–H and O–H groups in total. The Labute approximate surface area is 236 Å². The Hall–Kier alpha value is -1.36. The van der Waals surface area contributed by atoms with Crippen LogP contribution in [0.5, 0.6) is 0 Å². The summed E-state index contributed by atoms with van der Waals surface area (Å²) in [5.41, 5.74) is 6.52. The largest absolute Gasteiger partial charge is 0.673 e. The van der Waals surface area contributed by atoms with Gasteiger partial charge in [-0.3, -0.25) is 9.97 Å². The minimum Gasteiger partial charge on any atom is -0.418 e. The quantitative estimate of drug-likeness (QED) is 0.135. The number of alkyl halides is 2. The maximum atomic E-state index is 9.75. The van der Waals surface area contributed by atoms with Gasteiger partial charge in [0.05, 0.1) is 28.2 Å². The van der Waals surface area contributed by atoms with Gasteiger partial charge >= 0.3 is 7.25 Å². The number of nitrogens with zero attached hydrogens (tertiary/aromatic N) is 2. The van der Waals surface area contributed by atoms with Crippen molar-refractivity contribution in [2.75, 3.05) is 5.34 Å². The number of hydrogen-bond acceptors (Lipinski definition) is 2. The minimum absolute atomic E-state index is 0. The zero-order valence-corrected chi connectivity index (χ0v) is 24.7. The van der Waals surface area contributed by atoms with Crippen molar-refractivity contribution in [1.29, 1.82) is 0 Å². The van der Waals surface area contributed by atoms with Crippen LogP contribution in [0.4, 0.5) is 17.3 Å². The standard InChI is InChI=1S/C14H23.C10H8N2.CH2Cl2.BF4.H2O.Pd/c1-9-10(2)12(14(6,7)8)11(9)13(3,4)5;1-3-7-11-9(5-1)10-6-2-4-8-12-10;2-1-3;2-1(3,4)5;;/h1H2,2-8H3;1-8H;1H2;;1H2;/q+1;;;-1;;. The van der Waals surface area contributed by atoms with E-state index in [9.17, 15) is 17.3 Å². The molecule has 2 aromatic heterocycles. The molecule has 0 unspecified atom stereocenters. The fraction of sp³-hybridized carbons (Fsp3) is 0.400. The maximum absolute atomic E-state index is 9.75. The van der Waals surface area contributed by atoms with Crippen molar-refractivity contribution in [2.24, 2.45) is 10.8 Å². The van der Waals surface area contributed by atoms with E-state index in [1.54, 1.807) is 12.4 Å². The molecule has 0 spiro atoms. The van der Waals surface area contributed by atoms with Gasteiger partial charge in [0, 0.05) is 54.8 Å². The summed E-state index contributed by atoms with van der Waals surface area (Å²) in [4.78, 5) is 8.37. The molecule has 1 aliphatic carbocycles. The van der Waals surface area contributed by atoms with Crippen LogP contribution in [0.1, 0.15) is 48.5 Å². The number of pyridine rings is 2. The first kappa shape index (κ1) is 39.2. The van der Waals surface area contributed by atoms with Crippen LogP contribution in [0.15, 0.2) is 72.1 Å². The van der Waals surface area contributed by atoms with Crippen LogP contribution >= 0.6 is 23.2 Å². The summed E-state index contributed by atoms with van der Waals surface area (Å²) < 4.78 is 39.0.